The summed E-state index contributed by atoms with van der Waals surface area (Å²) in [7, 11) is 0. The lowest BCUT2D eigenvalue weighted by molar-refractivity contribution is 0.0736. The van der Waals surface area contributed by atoms with E-state index in [4.69, 9.17) is 5.73 Å². The van der Waals surface area contributed by atoms with Crippen LogP contribution in [0, 0.1) is 6.92 Å². The van der Waals surface area contributed by atoms with Crippen molar-refractivity contribution >= 4 is 33.7 Å². The summed E-state index contributed by atoms with van der Waals surface area (Å²) >= 11 is 3.01. The van der Waals surface area contributed by atoms with Gasteiger partial charge in [0, 0.05) is 15.8 Å². The van der Waals surface area contributed by atoms with Crippen molar-refractivity contribution in [2.45, 2.75) is 32.4 Å². The van der Waals surface area contributed by atoms with Gasteiger partial charge in [0.1, 0.15) is 4.88 Å². The fourth-order valence-corrected chi connectivity index (χ4v) is 3.55. The highest BCUT2D eigenvalue weighted by Crippen LogP contribution is 2.32. The molecule has 0 unspecified atom stereocenters. The van der Waals surface area contributed by atoms with Gasteiger partial charge in [0.2, 0.25) is 0 Å². The maximum absolute atomic E-state index is 12.5. The molecule has 1 aliphatic rings. The molecule has 0 atom stereocenters. The number of aromatic nitrogens is 1. The second-order valence-electron chi connectivity index (χ2n) is 4.74. The number of thiazole rings is 1. The number of aryl methyl sites for hydroxylation is 1. The summed E-state index contributed by atoms with van der Waals surface area (Å²) in [6.45, 7) is 2.78. The molecule has 0 radical (unpaired) electrons. The average molecular weight is 293 g/mol. The van der Waals surface area contributed by atoms with Gasteiger partial charge in [0.15, 0.2) is 5.13 Å². The van der Waals surface area contributed by atoms with Crippen LogP contribution in [0.3, 0.4) is 0 Å². The standard InChI is InChI=1S/C13H15N3OS2/c1-8-2-5-10(18-8)7-16(9-3-4-9)12(17)11-6-15-13(14)19-11/h2,5-6,9H,3-4,7H2,1H3,(H2,14,15). The third-order valence-electron chi connectivity index (χ3n) is 3.11. The number of carbonyl (C=O) groups excluding carboxylic acids is 1. The number of carbonyl (C=O) groups is 1. The summed E-state index contributed by atoms with van der Waals surface area (Å²) < 4.78 is 0. The van der Waals surface area contributed by atoms with Crippen molar-refractivity contribution < 1.29 is 4.79 Å². The quantitative estimate of drug-likeness (QED) is 0.943. The summed E-state index contributed by atoms with van der Waals surface area (Å²) in [6.07, 6.45) is 3.78. The van der Waals surface area contributed by atoms with E-state index in [1.807, 2.05) is 4.90 Å². The van der Waals surface area contributed by atoms with E-state index in [1.54, 1.807) is 17.5 Å². The Morgan fingerprint density at radius 3 is 2.79 bits per heavy atom. The minimum Gasteiger partial charge on any atom is -0.375 e. The maximum atomic E-state index is 12.5. The van der Waals surface area contributed by atoms with E-state index in [1.165, 1.54) is 21.1 Å². The number of rotatable bonds is 4. The van der Waals surface area contributed by atoms with Gasteiger partial charge >= 0.3 is 0 Å². The Morgan fingerprint density at radius 1 is 1.47 bits per heavy atom. The Hall–Kier alpha value is -1.40. The summed E-state index contributed by atoms with van der Waals surface area (Å²) in [5, 5.41) is 0.450. The molecule has 1 saturated carbocycles. The highest BCUT2D eigenvalue weighted by Gasteiger charge is 2.34. The molecule has 0 spiro atoms. The smallest absolute Gasteiger partial charge is 0.266 e. The molecule has 2 N–H and O–H groups in total. The average Bonchev–Trinajstić information content (AvgIpc) is 3.00. The van der Waals surface area contributed by atoms with E-state index in [9.17, 15) is 4.79 Å². The summed E-state index contributed by atoms with van der Waals surface area (Å²) in [6, 6.07) is 4.59. The van der Waals surface area contributed by atoms with E-state index in [0.29, 0.717) is 22.6 Å². The molecule has 1 aliphatic carbocycles. The van der Waals surface area contributed by atoms with Crippen molar-refractivity contribution in [3.05, 3.63) is 33.0 Å². The molecule has 0 aliphatic heterocycles. The highest BCUT2D eigenvalue weighted by molar-refractivity contribution is 7.17. The van der Waals surface area contributed by atoms with Crippen molar-refractivity contribution in [1.82, 2.24) is 9.88 Å². The van der Waals surface area contributed by atoms with Gasteiger partial charge in [-0.2, -0.15) is 0 Å². The van der Waals surface area contributed by atoms with Crippen LogP contribution in [0.1, 0.15) is 32.3 Å². The first-order valence-corrected chi connectivity index (χ1v) is 7.84. The van der Waals surface area contributed by atoms with E-state index >= 15 is 0 Å². The molecular weight excluding hydrogens is 278 g/mol. The lowest BCUT2D eigenvalue weighted by atomic mass is 10.3. The van der Waals surface area contributed by atoms with Crippen molar-refractivity contribution in [1.29, 1.82) is 0 Å². The van der Waals surface area contributed by atoms with Gasteiger partial charge in [-0.3, -0.25) is 4.79 Å². The number of thiophene rings is 1. The number of nitrogens with two attached hydrogens (primary N) is 1. The second kappa shape index (κ2) is 4.94. The second-order valence-corrected chi connectivity index (χ2v) is 7.17. The lowest BCUT2D eigenvalue weighted by Crippen LogP contribution is -2.31. The van der Waals surface area contributed by atoms with Crippen LogP contribution in [-0.4, -0.2) is 21.8 Å². The molecule has 3 rings (SSSR count). The summed E-state index contributed by atoms with van der Waals surface area (Å²) in [4.78, 5) is 21.6. The molecule has 1 amide bonds. The number of amides is 1. The Balaban J connectivity index is 1.79. The van der Waals surface area contributed by atoms with Crippen molar-refractivity contribution in [2.24, 2.45) is 0 Å². The minimum atomic E-state index is 0.0581. The molecule has 2 aromatic heterocycles. The van der Waals surface area contributed by atoms with Gasteiger partial charge in [-0.25, -0.2) is 4.98 Å². The van der Waals surface area contributed by atoms with E-state index < -0.39 is 0 Å². The fraction of sp³-hybridized carbons (Fsp3) is 0.385. The predicted octanol–water partition coefficient (Wildman–Crippen LogP) is 2.90. The van der Waals surface area contributed by atoms with Gasteiger partial charge in [0.25, 0.3) is 5.91 Å². The number of anilines is 1. The minimum absolute atomic E-state index is 0.0581. The number of nitrogen functional groups attached to an aromatic ring is 1. The molecule has 4 nitrogen and oxygen atoms in total. The fourth-order valence-electron chi connectivity index (χ4n) is 2.02. The Kier molecular flexibility index (Phi) is 3.28. The first-order valence-electron chi connectivity index (χ1n) is 6.21. The topological polar surface area (TPSA) is 59.2 Å². The van der Waals surface area contributed by atoms with Crippen LogP contribution in [0.25, 0.3) is 0 Å². The van der Waals surface area contributed by atoms with Crippen LogP contribution in [0.2, 0.25) is 0 Å². The summed E-state index contributed by atoms with van der Waals surface area (Å²) in [5.41, 5.74) is 5.60. The van der Waals surface area contributed by atoms with Crippen LogP contribution in [0.15, 0.2) is 18.3 Å². The Labute approximate surface area is 119 Å². The largest absolute Gasteiger partial charge is 0.375 e. The monoisotopic (exact) mass is 293 g/mol. The Morgan fingerprint density at radius 2 is 2.26 bits per heavy atom. The SMILES string of the molecule is Cc1ccc(CN(C(=O)c2cnc(N)s2)C2CC2)s1. The molecular formula is C13H15N3OS2. The van der Waals surface area contributed by atoms with Crippen LogP contribution < -0.4 is 5.73 Å². The molecule has 2 aromatic rings. The molecule has 1 fully saturated rings. The van der Waals surface area contributed by atoms with Gasteiger partial charge in [-0.05, 0) is 31.9 Å². The van der Waals surface area contributed by atoms with Crippen molar-refractivity contribution in [2.75, 3.05) is 5.73 Å². The van der Waals surface area contributed by atoms with Crippen LogP contribution in [-0.2, 0) is 6.54 Å². The molecule has 6 heteroatoms. The highest BCUT2D eigenvalue weighted by atomic mass is 32.1. The predicted molar refractivity (Wildman–Crippen MR) is 78.5 cm³/mol. The van der Waals surface area contributed by atoms with Crippen LogP contribution in [0.5, 0.6) is 0 Å². The zero-order chi connectivity index (χ0) is 13.4. The lowest BCUT2D eigenvalue weighted by Gasteiger charge is -2.20. The van der Waals surface area contributed by atoms with Gasteiger partial charge in [-0.15, -0.1) is 11.3 Å². The van der Waals surface area contributed by atoms with Gasteiger partial charge in [-0.1, -0.05) is 11.3 Å². The molecule has 100 valence electrons. The van der Waals surface area contributed by atoms with E-state index in [0.717, 1.165) is 12.8 Å². The van der Waals surface area contributed by atoms with Crippen LogP contribution >= 0.6 is 22.7 Å². The van der Waals surface area contributed by atoms with Crippen molar-refractivity contribution in [3.8, 4) is 0 Å². The maximum Gasteiger partial charge on any atom is 0.266 e. The number of hydrogen-bond acceptors (Lipinski definition) is 5. The molecule has 0 saturated heterocycles. The Bertz CT molecular complexity index is 601. The molecule has 0 aromatic carbocycles. The zero-order valence-corrected chi connectivity index (χ0v) is 12.3. The molecule has 19 heavy (non-hydrogen) atoms. The van der Waals surface area contributed by atoms with Gasteiger partial charge < -0.3 is 10.6 Å². The van der Waals surface area contributed by atoms with E-state index in [-0.39, 0.29) is 5.91 Å². The third kappa shape index (κ3) is 2.79. The van der Waals surface area contributed by atoms with E-state index in [2.05, 4.69) is 24.0 Å². The third-order valence-corrected chi connectivity index (χ3v) is 4.90. The first-order chi connectivity index (χ1) is 9.13. The number of nitrogens with zero attached hydrogens (tertiary/aromatic N) is 2. The van der Waals surface area contributed by atoms with Crippen LogP contribution in [0.4, 0.5) is 5.13 Å². The summed E-state index contributed by atoms with van der Waals surface area (Å²) in [5.74, 6) is 0.0581. The molecule has 0 bridgehead atoms. The number of hydrogen-bond donors (Lipinski definition) is 1. The van der Waals surface area contributed by atoms with Gasteiger partial charge in [0.05, 0.1) is 12.7 Å². The zero-order valence-electron chi connectivity index (χ0n) is 10.6. The normalized spacial score (nSPS) is 14.6. The molecule has 2 heterocycles. The first kappa shape index (κ1) is 12.6. The van der Waals surface area contributed by atoms with Crippen molar-refractivity contribution in [3.63, 3.8) is 0 Å².